The minimum atomic E-state index is 0.625. The summed E-state index contributed by atoms with van der Waals surface area (Å²) in [5.74, 6) is 0. The molecule has 1 saturated heterocycles. The maximum atomic E-state index is 5.09. The van der Waals surface area contributed by atoms with Crippen LogP contribution in [0.5, 0.6) is 0 Å². The van der Waals surface area contributed by atoms with Gasteiger partial charge in [-0.3, -0.25) is 0 Å². The summed E-state index contributed by atoms with van der Waals surface area (Å²) in [4.78, 5) is 2.48. The van der Waals surface area contributed by atoms with Crippen LogP contribution in [0, 0.1) is 0 Å². The molecule has 0 radical (unpaired) electrons. The molecule has 1 aliphatic heterocycles. The molecule has 13 heavy (non-hydrogen) atoms. The second-order valence-corrected chi connectivity index (χ2v) is 3.62. The van der Waals surface area contributed by atoms with E-state index in [1.54, 1.807) is 0 Å². The number of hydrogen-bond acceptors (Lipinski definition) is 3. The highest BCUT2D eigenvalue weighted by Gasteiger charge is 2.16. The highest BCUT2D eigenvalue weighted by molar-refractivity contribution is 4.73. The van der Waals surface area contributed by atoms with E-state index in [1.165, 1.54) is 19.5 Å². The Morgan fingerprint density at radius 1 is 1.31 bits per heavy atom. The van der Waals surface area contributed by atoms with E-state index in [-0.39, 0.29) is 0 Å². The van der Waals surface area contributed by atoms with E-state index in [9.17, 15) is 0 Å². The van der Waals surface area contributed by atoms with Gasteiger partial charge in [-0.1, -0.05) is 13.8 Å². The number of nitrogens with zero attached hydrogens (tertiary/aromatic N) is 1. The van der Waals surface area contributed by atoms with E-state index in [0.29, 0.717) is 6.04 Å². The average Bonchev–Trinajstić information content (AvgIpc) is 2.07. The zero-order chi connectivity index (χ0) is 9.52. The Morgan fingerprint density at radius 2 is 2.08 bits per heavy atom. The van der Waals surface area contributed by atoms with Crippen molar-refractivity contribution < 1.29 is 4.74 Å². The molecule has 78 valence electrons. The highest BCUT2D eigenvalue weighted by atomic mass is 16.5. The van der Waals surface area contributed by atoms with Crippen molar-refractivity contribution in [2.24, 2.45) is 0 Å². The van der Waals surface area contributed by atoms with Gasteiger partial charge in [0, 0.05) is 13.1 Å². The molecule has 0 aromatic carbocycles. The van der Waals surface area contributed by atoms with Crippen molar-refractivity contribution in [2.75, 3.05) is 39.4 Å². The molecule has 0 aliphatic carbocycles. The average molecular weight is 186 g/mol. The highest BCUT2D eigenvalue weighted by Crippen LogP contribution is 1.98. The van der Waals surface area contributed by atoms with Crippen LogP contribution in [0.2, 0.25) is 0 Å². The van der Waals surface area contributed by atoms with Gasteiger partial charge in [-0.2, -0.15) is 0 Å². The third-order valence-electron chi connectivity index (χ3n) is 2.49. The molecule has 3 nitrogen and oxygen atoms in total. The Morgan fingerprint density at radius 3 is 2.54 bits per heavy atom. The van der Waals surface area contributed by atoms with Crippen molar-refractivity contribution in [1.29, 1.82) is 0 Å². The number of ether oxygens (including phenoxy) is 1. The van der Waals surface area contributed by atoms with Crippen LogP contribution in [-0.2, 0) is 4.74 Å². The van der Waals surface area contributed by atoms with Gasteiger partial charge in [0.25, 0.3) is 0 Å². The number of nitrogens with one attached hydrogen (secondary N) is 1. The third-order valence-corrected chi connectivity index (χ3v) is 2.49. The van der Waals surface area contributed by atoms with Gasteiger partial charge in [0.2, 0.25) is 0 Å². The van der Waals surface area contributed by atoms with Gasteiger partial charge in [-0.05, 0) is 19.5 Å². The first-order valence-electron chi connectivity index (χ1n) is 5.40. The van der Waals surface area contributed by atoms with E-state index in [1.807, 2.05) is 0 Å². The summed E-state index contributed by atoms with van der Waals surface area (Å²) in [5, 5.41) is 3.48. The normalized spacial score (nSPS) is 17.8. The maximum absolute atomic E-state index is 5.09. The van der Waals surface area contributed by atoms with E-state index < -0.39 is 0 Å². The fraction of sp³-hybridized carbons (Fsp3) is 1.00. The lowest BCUT2D eigenvalue weighted by molar-refractivity contribution is -0.00564. The van der Waals surface area contributed by atoms with Crippen LogP contribution in [0.1, 0.15) is 20.3 Å². The van der Waals surface area contributed by atoms with Crippen molar-refractivity contribution in [1.82, 2.24) is 10.2 Å². The summed E-state index contributed by atoms with van der Waals surface area (Å²) in [6.45, 7) is 10.9. The van der Waals surface area contributed by atoms with E-state index in [4.69, 9.17) is 4.74 Å². The molecule has 1 heterocycles. The maximum Gasteiger partial charge on any atom is 0.0643 e. The molecule has 0 bridgehead atoms. The molecule has 0 atom stereocenters. The van der Waals surface area contributed by atoms with Crippen LogP contribution in [-0.4, -0.2) is 50.3 Å². The quantitative estimate of drug-likeness (QED) is 0.633. The molecule has 0 saturated carbocycles. The van der Waals surface area contributed by atoms with Gasteiger partial charge in [-0.25, -0.2) is 0 Å². The van der Waals surface area contributed by atoms with Crippen LogP contribution in [0.25, 0.3) is 0 Å². The summed E-state index contributed by atoms with van der Waals surface area (Å²) >= 11 is 0. The van der Waals surface area contributed by atoms with Crippen molar-refractivity contribution in [3.8, 4) is 0 Å². The van der Waals surface area contributed by atoms with E-state index >= 15 is 0 Å². The lowest BCUT2D eigenvalue weighted by Crippen LogP contribution is -2.48. The smallest absolute Gasteiger partial charge is 0.0643 e. The first-order valence-corrected chi connectivity index (χ1v) is 5.40. The van der Waals surface area contributed by atoms with Crippen LogP contribution in [0.15, 0.2) is 0 Å². The van der Waals surface area contributed by atoms with Crippen molar-refractivity contribution in [3.05, 3.63) is 0 Å². The Bertz CT molecular complexity index is 126. The molecule has 1 rings (SSSR count). The first kappa shape index (κ1) is 11.0. The molecule has 0 aromatic rings. The second-order valence-electron chi connectivity index (χ2n) is 3.62. The summed E-state index contributed by atoms with van der Waals surface area (Å²) < 4.78 is 5.09. The van der Waals surface area contributed by atoms with Gasteiger partial charge >= 0.3 is 0 Å². The van der Waals surface area contributed by atoms with Gasteiger partial charge in [0.05, 0.1) is 19.3 Å². The van der Waals surface area contributed by atoms with Gasteiger partial charge in [-0.15, -0.1) is 0 Å². The van der Waals surface area contributed by atoms with Crippen molar-refractivity contribution >= 4 is 0 Å². The largest absolute Gasteiger partial charge is 0.378 e. The molecule has 3 heteroatoms. The molecule has 0 spiro atoms. The third kappa shape index (κ3) is 4.07. The minimum absolute atomic E-state index is 0.625. The topological polar surface area (TPSA) is 24.5 Å². The fourth-order valence-electron chi connectivity index (χ4n) is 1.52. The molecule has 0 unspecified atom stereocenters. The number of rotatable bonds is 7. The Balaban J connectivity index is 1.94. The molecule has 1 fully saturated rings. The summed E-state index contributed by atoms with van der Waals surface area (Å²) in [6, 6.07) is 0.625. The zero-order valence-electron chi connectivity index (χ0n) is 8.88. The van der Waals surface area contributed by atoms with E-state index in [2.05, 4.69) is 24.1 Å². The molecule has 1 aliphatic rings. The standard InChI is InChI=1S/C10H22N2O/c1-3-6-12(4-2)7-5-11-10-8-13-9-10/h10-11H,3-9H2,1-2H3. The molecular formula is C10H22N2O. The van der Waals surface area contributed by atoms with Gasteiger partial charge < -0.3 is 15.0 Å². The lowest BCUT2D eigenvalue weighted by atomic mass is 10.2. The van der Waals surface area contributed by atoms with E-state index in [0.717, 1.165) is 26.3 Å². The SMILES string of the molecule is CCCN(CC)CCNC1COC1. The predicted molar refractivity (Wildman–Crippen MR) is 55.0 cm³/mol. The zero-order valence-corrected chi connectivity index (χ0v) is 8.88. The van der Waals surface area contributed by atoms with Crippen LogP contribution < -0.4 is 5.32 Å². The Kier molecular flexibility index (Phi) is 5.35. The Hall–Kier alpha value is -0.120. The molecular weight excluding hydrogens is 164 g/mol. The Labute approximate surface area is 81.4 Å². The minimum Gasteiger partial charge on any atom is -0.378 e. The molecule has 0 amide bonds. The number of hydrogen-bond donors (Lipinski definition) is 1. The lowest BCUT2D eigenvalue weighted by Gasteiger charge is -2.28. The monoisotopic (exact) mass is 186 g/mol. The summed E-state index contributed by atoms with van der Waals surface area (Å²) in [6.07, 6.45) is 1.25. The second kappa shape index (κ2) is 6.35. The first-order chi connectivity index (χ1) is 6.36. The number of likely N-dealkylation sites (N-methyl/N-ethyl adjacent to an activating group) is 1. The molecule has 0 aromatic heterocycles. The predicted octanol–water partition coefficient (Wildman–Crippen LogP) is 0.707. The molecule has 1 N–H and O–H groups in total. The van der Waals surface area contributed by atoms with Gasteiger partial charge in [0.15, 0.2) is 0 Å². The van der Waals surface area contributed by atoms with Gasteiger partial charge in [0.1, 0.15) is 0 Å². The van der Waals surface area contributed by atoms with Crippen molar-refractivity contribution in [2.45, 2.75) is 26.3 Å². The van der Waals surface area contributed by atoms with Crippen LogP contribution in [0.4, 0.5) is 0 Å². The summed E-state index contributed by atoms with van der Waals surface area (Å²) in [5.41, 5.74) is 0. The van der Waals surface area contributed by atoms with Crippen LogP contribution >= 0.6 is 0 Å². The fourth-order valence-corrected chi connectivity index (χ4v) is 1.52. The van der Waals surface area contributed by atoms with Crippen molar-refractivity contribution in [3.63, 3.8) is 0 Å². The van der Waals surface area contributed by atoms with Crippen LogP contribution in [0.3, 0.4) is 0 Å². The summed E-state index contributed by atoms with van der Waals surface area (Å²) in [7, 11) is 0.